The molecule has 8 heteroatoms. The molecular weight excluding hydrogens is 622 g/mol. The van der Waals surface area contributed by atoms with Crippen molar-refractivity contribution in [1.29, 1.82) is 0 Å². The van der Waals surface area contributed by atoms with E-state index in [-0.39, 0.29) is 5.78 Å². The molecular formula is C40H34ClN3O4. The fraction of sp³-hybridized carbons (Fsp3) is 0.175. The quantitative estimate of drug-likeness (QED) is 0.159. The summed E-state index contributed by atoms with van der Waals surface area (Å²) >= 11 is 6.38. The van der Waals surface area contributed by atoms with Crippen LogP contribution >= 0.6 is 11.6 Å². The van der Waals surface area contributed by atoms with Crippen molar-refractivity contribution in [2.75, 3.05) is 19.2 Å². The normalized spacial score (nSPS) is 21.7. The van der Waals surface area contributed by atoms with Gasteiger partial charge in [-0.3, -0.25) is 9.80 Å². The van der Waals surface area contributed by atoms with Crippen LogP contribution in [0.3, 0.4) is 0 Å². The van der Waals surface area contributed by atoms with Crippen molar-refractivity contribution in [3.05, 3.63) is 161 Å². The van der Waals surface area contributed by atoms with Crippen molar-refractivity contribution in [3.8, 4) is 11.5 Å². The average Bonchev–Trinajstić information content (AvgIpc) is 3.72. The van der Waals surface area contributed by atoms with Gasteiger partial charge in [-0.2, -0.15) is 5.10 Å². The van der Waals surface area contributed by atoms with Crippen molar-refractivity contribution in [2.24, 2.45) is 21.6 Å². The zero-order valence-corrected chi connectivity index (χ0v) is 27.5. The number of benzene rings is 5. The van der Waals surface area contributed by atoms with Crippen LogP contribution in [0.4, 0.5) is 5.69 Å². The molecule has 4 atom stereocenters. The van der Waals surface area contributed by atoms with E-state index in [1.54, 1.807) is 14.2 Å². The van der Waals surface area contributed by atoms with Gasteiger partial charge in [0.2, 0.25) is 0 Å². The zero-order valence-electron chi connectivity index (χ0n) is 26.8. The van der Waals surface area contributed by atoms with Gasteiger partial charge in [0, 0.05) is 10.6 Å². The summed E-state index contributed by atoms with van der Waals surface area (Å²) in [5, 5.41) is 12.4. The number of hydrogen-bond donors (Lipinski definition) is 0. The van der Waals surface area contributed by atoms with Crippen LogP contribution in [-0.4, -0.2) is 31.4 Å². The molecule has 0 aliphatic carbocycles. The molecule has 0 spiro atoms. The van der Waals surface area contributed by atoms with Crippen LogP contribution in [0, 0.1) is 11.3 Å². The Labute approximate surface area is 285 Å². The molecule has 0 fully saturated rings. The van der Waals surface area contributed by atoms with Gasteiger partial charge in [-0.05, 0) is 96.4 Å². The number of oxime groups is 1. The fourth-order valence-electron chi connectivity index (χ4n) is 6.71. The van der Waals surface area contributed by atoms with E-state index < -0.39 is 23.5 Å². The minimum Gasteiger partial charge on any atom is -0.497 e. The average molecular weight is 656 g/mol. The number of methoxy groups -OCH3 is 2. The van der Waals surface area contributed by atoms with Crippen LogP contribution in [0.15, 0.2) is 144 Å². The SMILES string of the molecule is COc1ccc(C2=NN(c3ccccc3)C(c3ccc(Cl)cc3)C2C(=O)C2(C)C(c3ccc(OC)cc3)=NOC2c2ccccc2)cc1. The van der Waals surface area contributed by atoms with E-state index in [0.29, 0.717) is 27.9 Å². The van der Waals surface area contributed by atoms with Crippen LogP contribution in [0.2, 0.25) is 5.02 Å². The number of para-hydroxylation sites is 1. The summed E-state index contributed by atoms with van der Waals surface area (Å²) in [7, 11) is 3.26. The number of rotatable bonds is 9. The molecule has 0 saturated heterocycles. The Kier molecular flexibility index (Phi) is 8.46. The highest BCUT2D eigenvalue weighted by Gasteiger charge is 2.58. The molecule has 4 unspecified atom stereocenters. The Hall–Kier alpha value is -5.40. The Morgan fingerprint density at radius 3 is 1.88 bits per heavy atom. The number of carbonyl (C=O) groups excluding carboxylic acids is 1. The number of hydrogen-bond acceptors (Lipinski definition) is 7. The summed E-state index contributed by atoms with van der Waals surface area (Å²) in [4.78, 5) is 22.1. The first-order chi connectivity index (χ1) is 23.4. The van der Waals surface area contributed by atoms with Crippen LogP contribution in [0.25, 0.3) is 0 Å². The summed E-state index contributed by atoms with van der Waals surface area (Å²) in [5.41, 5.74) is 4.16. The summed E-state index contributed by atoms with van der Waals surface area (Å²) < 4.78 is 10.9. The maximum absolute atomic E-state index is 15.9. The van der Waals surface area contributed by atoms with Crippen LogP contribution in [0.5, 0.6) is 11.5 Å². The van der Waals surface area contributed by atoms with Gasteiger partial charge in [-0.15, -0.1) is 0 Å². The molecule has 0 radical (unpaired) electrons. The van der Waals surface area contributed by atoms with Gasteiger partial charge >= 0.3 is 0 Å². The van der Waals surface area contributed by atoms with E-state index >= 15 is 4.79 Å². The molecule has 48 heavy (non-hydrogen) atoms. The van der Waals surface area contributed by atoms with E-state index in [0.717, 1.165) is 27.9 Å². The molecule has 5 aromatic rings. The summed E-state index contributed by atoms with van der Waals surface area (Å²) in [6.45, 7) is 1.94. The molecule has 2 aliphatic heterocycles. The Bertz CT molecular complexity index is 1960. The number of ether oxygens (including phenoxy) is 2. The minimum absolute atomic E-state index is 0.0728. The molecule has 2 aliphatic rings. The Morgan fingerprint density at radius 2 is 1.29 bits per heavy atom. The Morgan fingerprint density at radius 1 is 0.729 bits per heavy atom. The van der Waals surface area contributed by atoms with Crippen LogP contribution in [-0.2, 0) is 9.63 Å². The van der Waals surface area contributed by atoms with E-state index in [1.165, 1.54) is 0 Å². The molecule has 5 aromatic carbocycles. The molecule has 0 aromatic heterocycles. The van der Waals surface area contributed by atoms with Gasteiger partial charge < -0.3 is 14.3 Å². The standard InChI is InChI=1S/C40H34ClN3O4/c1-40(37(28-18-24-33(47-3)25-19-28)43-48-39(40)29-10-6-4-7-11-29)38(45)34-35(26-16-22-32(46-2)23-17-26)42-44(31-12-8-5-9-13-31)36(34)27-14-20-30(41)21-15-27/h4-25,34,36,39H,1-3H3. The van der Waals surface area contributed by atoms with Gasteiger partial charge in [0.25, 0.3) is 0 Å². The smallest absolute Gasteiger partial charge is 0.170 e. The largest absolute Gasteiger partial charge is 0.497 e. The number of Topliss-reactive ketones (excluding diaryl/α,β-unsaturated/α-hetero) is 1. The van der Waals surface area contributed by atoms with E-state index in [9.17, 15) is 0 Å². The predicted molar refractivity (Wildman–Crippen MR) is 189 cm³/mol. The van der Waals surface area contributed by atoms with Gasteiger partial charge in [-0.25, -0.2) is 0 Å². The molecule has 0 amide bonds. The monoisotopic (exact) mass is 655 g/mol. The lowest BCUT2D eigenvalue weighted by Crippen LogP contribution is -2.47. The third-order valence-electron chi connectivity index (χ3n) is 9.23. The van der Waals surface area contributed by atoms with Crippen LogP contribution in [0.1, 0.15) is 41.3 Å². The molecule has 240 valence electrons. The zero-order chi connectivity index (χ0) is 33.3. The number of anilines is 1. The third kappa shape index (κ3) is 5.50. The molecule has 7 rings (SSSR count). The number of hydrazone groups is 1. The highest BCUT2D eigenvalue weighted by molar-refractivity contribution is 6.30. The topological polar surface area (TPSA) is 72.7 Å². The molecule has 2 heterocycles. The molecule has 0 bridgehead atoms. The number of ketones is 1. The van der Waals surface area contributed by atoms with Gasteiger partial charge in [0.05, 0.1) is 37.6 Å². The van der Waals surface area contributed by atoms with Gasteiger partial charge in [-0.1, -0.05) is 77.4 Å². The summed E-state index contributed by atoms with van der Waals surface area (Å²) in [5.74, 6) is 0.609. The first kappa shape index (κ1) is 31.2. The van der Waals surface area contributed by atoms with Gasteiger partial charge in [0.1, 0.15) is 22.6 Å². The fourth-order valence-corrected chi connectivity index (χ4v) is 6.84. The second kappa shape index (κ2) is 13.0. The lowest BCUT2D eigenvalue weighted by atomic mass is 9.65. The maximum Gasteiger partial charge on any atom is 0.170 e. The first-order valence-electron chi connectivity index (χ1n) is 15.7. The summed E-state index contributed by atoms with van der Waals surface area (Å²) in [6.07, 6.45) is -0.683. The van der Waals surface area contributed by atoms with E-state index in [2.05, 4.69) is 5.16 Å². The van der Waals surface area contributed by atoms with Crippen molar-refractivity contribution in [3.63, 3.8) is 0 Å². The second-order valence-electron chi connectivity index (χ2n) is 12.0. The highest BCUT2D eigenvalue weighted by atomic mass is 35.5. The Balaban J connectivity index is 1.44. The molecule has 0 saturated carbocycles. The first-order valence-corrected chi connectivity index (χ1v) is 16.1. The molecule has 7 nitrogen and oxygen atoms in total. The van der Waals surface area contributed by atoms with Gasteiger partial charge in [0.15, 0.2) is 11.9 Å². The van der Waals surface area contributed by atoms with E-state index in [4.69, 9.17) is 31.0 Å². The lowest BCUT2D eigenvalue weighted by Gasteiger charge is -2.35. The third-order valence-corrected chi connectivity index (χ3v) is 9.49. The van der Waals surface area contributed by atoms with E-state index in [1.807, 2.05) is 145 Å². The second-order valence-corrected chi connectivity index (χ2v) is 12.4. The lowest BCUT2D eigenvalue weighted by molar-refractivity contribution is -0.132. The van der Waals surface area contributed by atoms with Crippen molar-refractivity contribution in [2.45, 2.75) is 19.1 Å². The number of nitrogens with zero attached hydrogens (tertiary/aromatic N) is 3. The van der Waals surface area contributed by atoms with Crippen molar-refractivity contribution in [1.82, 2.24) is 0 Å². The minimum atomic E-state index is -1.22. The molecule has 0 N–H and O–H groups in total. The number of halogens is 1. The maximum atomic E-state index is 15.9. The number of carbonyl (C=O) groups is 1. The van der Waals surface area contributed by atoms with Crippen LogP contribution < -0.4 is 14.5 Å². The summed E-state index contributed by atoms with van der Waals surface area (Å²) in [6, 6.07) is 42.1. The van der Waals surface area contributed by atoms with Crippen molar-refractivity contribution >= 4 is 34.5 Å². The van der Waals surface area contributed by atoms with Crippen molar-refractivity contribution < 1.29 is 19.1 Å². The predicted octanol–water partition coefficient (Wildman–Crippen LogP) is 8.69. The highest BCUT2D eigenvalue weighted by Crippen LogP contribution is 2.52.